The minimum absolute atomic E-state index is 0.104. The van der Waals surface area contributed by atoms with E-state index in [-0.39, 0.29) is 19.1 Å². The van der Waals surface area contributed by atoms with Gasteiger partial charge >= 0.3 is 0 Å². The fourth-order valence-corrected chi connectivity index (χ4v) is 3.67. The third-order valence-electron chi connectivity index (χ3n) is 5.21. The molecule has 6 heteroatoms. The van der Waals surface area contributed by atoms with E-state index in [0.29, 0.717) is 16.6 Å². The number of aryl methyl sites for hydroxylation is 2. The molecule has 1 N–H and O–H groups in total. The van der Waals surface area contributed by atoms with Crippen molar-refractivity contribution in [3.63, 3.8) is 0 Å². The summed E-state index contributed by atoms with van der Waals surface area (Å²) in [6, 6.07) is 21.2. The topological polar surface area (TPSA) is 56.2 Å². The molecule has 0 bridgehead atoms. The lowest BCUT2D eigenvalue weighted by atomic mass is 10.1. The number of fused-ring (bicyclic) bond motifs is 1. The average Bonchev–Trinajstić information content (AvgIpc) is 3.12. The molecule has 31 heavy (non-hydrogen) atoms. The Morgan fingerprint density at radius 3 is 2.68 bits per heavy atom. The summed E-state index contributed by atoms with van der Waals surface area (Å²) < 4.78 is 7.87. The number of ether oxygens (including phenoxy) is 1. The van der Waals surface area contributed by atoms with Gasteiger partial charge in [-0.3, -0.25) is 4.79 Å². The van der Waals surface area contributed by atoms with Crippen molar-refractivity contribution in [1.82, 2.24) is 9.55 Å². The van der Waals surface area contributed by atoms with E-state index in [1.807, 2.05) is 78.2 Å². The Morgan fingerprint density at radius 1 is 1.10 bits per heavy atom. The Kier molecular flexibility index (Phi) is 6.23. The van der Waals surface area contributed by atoms with Gasteiger partial charge in [-0.2, -0.15) is 0 Å². The van der Waals surface area contributed by atoms with Gasteiger partial charge in [0.15, 0.2) is 0 Å². The molecule has 0 atom stereocenters. The molecule has 0 spiro atoms. The smallest absolute Gasteiger partial charge is 0.244 e. The van der Waals surface area contributed by atoms with Gasteiger partial charge in [0.05, 0.1) is 11.0 Å². The number of rotatable bonds is 7. The lowest BCUT2D eigenvalue weighted by Crippen LogP contribution is -2.21. The predicted octanol–water partition coefficient (Wildman–Crippen LogP) is 5.78. The fourth-order valence-electron chi connectivity index (χ4n) is 3.55. The molecule has 1 aromatic heterocycles. The maximum Gasteiger partial charge on any atom is 0.244 e. The van der Waals surface area contributed by atoms with Crippen molar-refractivity contribution >= 4 is 34.2 Å². The van der Waals surface area contributed by atoms with Crippen molar-refractivity contribution in [2.45, 2.75) is 33.4 Å². The first-order valence-electron chi connectivity index (χ1n) is 10.3. The quantitative estimate of drug-likeness (QED) is 0.402. The van der Waals surface area contributed by atoms with Crippen LogP contribution in [0.4, 0.5) is 5.69 Å². The molecular weight excluding hydrogens is 410 g/mol. The molecule has 0 aliphatic rings. The summed E-state index contributed by atoms with van der Waals surface area (Å²) in [5.74, 6) is 1.29. The zero-order valence-electron chi connectivity index (χ0n) is 17.6. The summed E-state index contributed by atoms with van der Waals surface area (Å²) in [5.41, 5.74) is 4.62. The Bertz CT molecular complexity index is 1230. The van der Waals surface area contributed by atoms with Gasteiger partial charge in [-0.05, 0) is 60.9 Å². The number of amides is 1. The van der Waals surface area contributed by atoms with Crippen LogP contribution in [0.1, 0.15) is 23.9 Å². The molecule has 1 amide bonds. The summed E-state index contributed by atoms with van der Waals surface area (Å²) in [5, 5.41) is 3.73. The molecule has 5 nitrogen and oxygen atoms in total. The number of nitrogens with zero attached hydrogens (tertiary/aromatic N) is 2. The Balaban J connectivity index is 1.57. The van der Waals surface area contributed by atoms with E-state index < -0.39 is 0 Å². The van der Waals surface area contributed by atoms with E-state index in [9.17, 15) is 4.79 Å². The van der Waals surface area contributed by atoms with Crippen LogP contribution in [-0.2, 0) is 24.4 Å². The average molecular weight is 434 g/mol. The Labute approximate surface area is 186 Å². The summed E-state index contributed by atoms with van der Waals surface area (Å²) in [6.07, 6.45) is 0.851. The minimum Gasteiger partial charge on any atom is -0.486 e. The van der Waals surface area contributed by atoms with Crippen molar-refractivity contribution in [3.8, 4) is 5.75 Å². The number of anilines is 1. The van der Waals surface area contributed by atoms with Gasteiger partial charge in [-0.25, -0.2) is 4.98 Å². The molecule has 4 rings (SSSR count). The van der Waals surface area contributed by atoms with E-state index in [1.165, 1.54) is 0 Å². The number of para-hydroxylation sites is 3. The highest BCUT2D eigenvalue weighted by molar-refractivity contribution is 6.31. The molecule has 0 saturated heterocycles. The third kappa shape index (κ3) is 4.72. The molecule has 0 unspecified atom stereocenters. The van der Waals surface area contributed by atoms with Crippen molar-refractivity contribution < 1.29 is 9.53 Å². The van der Waals surface area contributed by atoms with Crippen LogP contribution >= 0.6 is 11.6 Å². The van der Waals surface area contributed by atoms with E-state index in [4.69, 9.17) is 21.3 Å². The van der Waals surface area contributed by atoms with E-state index in [0.717, 1.165) is 34.3 Å². The first-order chi connectivity index (χ1) is 15.0. The highest BCUT2D eigenvalue weighted by Crippen LogP contribution is 2.23. The number of hydrogen-bond acceptors (Lipinski definition) is 3. The molecular formula is C25H24ClN3O2. The van der Waals surface area contributed by atoms with Gasteiger partial charge in [0.25, 0.3) is 0 Å². The summed E-state index contributed by atoms with van der Waals surface area (Å²) in [4.78, 5) is 17.6. The van der Waals surface area contributed by atoms with Crippen LogP contribution in [0.5, 0.6) is 5.75 Å². The molecule has 4 aromatic rings. The number of imidazole rings is 1. The lowest BCUT2D eigenvalue weighted by molar-refractivity contribution is -0.116. The summed E-state index contributed by atoms with van der Waals surface area (Å²) in [7, 11) is 0. The van der Waals surface area contributed by atoms with Crippen LogP contribution in [0.25, 0.3) is 11.0 Å². The first kappa shape index (κ1) is 20.9. The normalized spacial score (nSPS) is 10.9. The lowest BCUT2D eigenvalue weighted by Gasteiger charge is -2.13. The second-order valence-electron chi connectivity index (χ2n) is 7.36. The number of benzene rings is 3. The van der Waals surface area contributed by atoms with Crippen molar-refractivity contribution in [2.24, 2.45) is 0 Å². The predicted molar refractivity (Wildman–Crippen MR) is 125 cm³/mol. The monoisotopic (exact) mass is 433 g/mol. The summed E-state index contributed by atoms with van der Waals surface area (Å²) in [6.45, 7) is 4.40. The van der Waals surface area contributed by atoms with Gasteiger partial charge < -0.3 is 14.6 Å². The molecule has 0 radical (unpaired) electrons. The fraction of sp³-hybridized carbons (Fsp3) is 0.200. The van der Waals surface area contributed by atoms with Crippen LogP contribution in [0.15, 0.2) is 66.7 Å². The van der Waals surface area contributed by atoms with E-state index in [1.54, 1.807) is 0 Å². The number of halogens is 1. The summed E-state index contributed by atoms with van der Waals surface area (Å²) >= 11 is 6.11. The van der Waals surface area contributed by atoms with E-state index in [2.05, 4.69) is 12.2 Å². The second kappa shape index (κ2) is 9.23. The maximum absolute atomic E-state index is 12.9. The second-order valence-corrected chi connectivity index (χ2v) is 7.77. The highest BCUT2D eigenvalue weighted by Gasteiger charge is 2.15. The molecule has 0 fully saturated rings. The Hall–Kier alpha value is -3.31. The van der Waals surface area contributed by atoms with Crippen LogP contribution in [0, 0.1) is 6.92 Å². The largest absolute Gasteiger partial charge is 0.486 e. The molecule has 0 saturated carbocycles. The number of aromatic nitrogens is 2. The molecule has 158 valence electrons. The SMILES string of the molecule is CCc1ccccc1NC(=O)Cn1c(COc2ccc(Cl)c(C)c2)nc2ccccc21. The first-order valence-corrected chi connectivity index (χ1v) is 10.6. The molecule has 1 heterocycles. The number of nitrogens with one attached hydrogen (secondary N) is 1. The van der Waals surface area contributed by atoms with Crippen molar-refractivity contribution in [2.75, 3.05) is 5.32 Å². The molecule has 0 aliphatic heterocycles. The highest BCUT2D eigenvalue weighted by atomic mass is 35.5. The maximum atomic E-state index is 12.9. The van der Waals surface area contributed by atoms with Crippen molar-refractivity contribution in [1.29, 1.82) is 0 Å². The standard InChI is InChI=1S/C25H24ClN3O2/c1-3-18-8-4-5-9-21(18)28-25(30)15-29-23-11-7-6-10-22(23)27-24(29)16-31-19-12-13-20(26)17(2)14-19/h4-14H,3,15-16H2,1-2H3,(H,28,30). The zero-order valence-corrected chi connectivity index (χ0v) is 18.3. The van der Waals surface area contributed by atoms with Crippen LogP contribution < -0.4 is 10.1 Å². The molecule has 3 aromatic carbocycles. The van der Waals surface area contributed by atoms with Crippen LogP contribution in [-0.4, -0.2) is 15.5 Å². The number of hydrogen-bond donors (Lipinski definition) is 1. The van der Waals surface area contributed by atoms with Gasteiger partial charge in [-0.15, -0.1) is 0 Å². The molecule has 0 aliphatic carbocycles. The van der Waals surface area contributed by atoms with Gasteiger partial charge in [0, 0.05) is 10.7 Å². The number of carbonyl (C=O) groups excluding carboxylic acids is 1. The number of carbonyl (C=O) groups is 1. The Morgan fingerprint density at radius 2 is 1.87 bits per heavy atom. The minimum atomic E-state index is -0.104. The zero-order chi connectivity index (χ0) is 21.8. The van der Waals surface area contributed by atoms with Gasteiger partial charge in [0.2, 0.25) is 5.91 Å². The van der Waals surface area contributed by atoms with Crippen LogP contribution in [0.2, 0.25) is 5.02 Å². The third-order valence-corrected chi connectivity index (χ3v) is 5.63. The van der Waals surface area contributed by atoms with Crippen LogP contribution in [0.3, 0.4) is 0 Å². The van der Waals surface area contributed by atoms with Gasteiger partial charge in [-0.1, -0.05) is 48.9 Å². The van der Waals surface area contributed by atoms with Gasteiger partial charge in [0.1, 0.15) is 24.7 Å². The van der Waals surface area contributed by atoms with Crippen molar-refractivity contribution in [3.05, 3.63) is 88.7 Å². The van der Waals surface area contributed by atoms with E-state index >= 15 is 0 Å².